The quantitative estimate of drug-likeness (QED) is 0.0448. The van der Waals surface area contributed by atoms with Crippen molar-refractivity contribution in [1.29, 1.82) is 0 Å². The van der Waals surface area contributed by atoms with Gasteiger partial charge in [-0.3, -0.25) is 0 Å². The third-order valence-electron chi connectivity index (χ3n) is 17.8. The number of carbonyl (C=O) groups excluding carboxylic acids is 4. The molecule has 89 heavy (non-hydrogen) atoms. The number of amides is 4. The Morgan fingerprint density at radius 3 is 1.11 bits per heavy atom. The van der Waals surface area contributed by atoms with Gasteiger partial charge in [0.1, 0.15) is 0 Å². The van der Waals surface area contributed by atoms with Gasteiger partial charge >= 0.3 is 508 Å². The van der Waals surface area contributed by atoms with E-state index < -0.39 is 211 Å². The summed E-state index contributed by atoms with van der Waals surface area (Å²) >= 11 is 0. The summed E-state index contributed by atoms with van der Waals surface area (Å²) in [5.74, 6) is -1.41. The molecule has 24 atom stereocenters. The zero-order valence-corrected chi connectivity index (χ0v) is 51.3. The molecule has 24 N–H and O–H groups in total. The number of hydrogen-bond acceptors (Lipinski definition) is 39. The second-order valence-electron chi connectivity index (χ2n) is 23.3. The number of hydrogen-bond donors (Lipinski definition) is 24. The van der Waals surface area contributed by atoms with Crippen molar-refractivity contribution in [3.63, 3.8) is 0 Å². The van der Waals surface area contributed by atoms with Crippen molar-refractivity contribution in [2.24, 2.45) is 0 Å². The fourth-order valence-corrected chi connectivity index (χ4v) is 17.6. The molecule has 12 aliphatic rings. The third-order valence-corrected chi connectivity index (χ3v) is 21.8. The monoisotopic (exact) mass is 1370 g/mol. The molecule has 0 aromatic rings. The first-order valence-electron chi connectivity index (χ1n) is 29.0. The van der Waals surface area contributed by atoms with Gasteiger partial charge in [0.25, 0.3) is 0 Å². The van der Waals surface area contributed by atoms with Crippen molar-refractivity contribution in [2.45, 2.75) is 167 Å². The van der Waals surface area contributed by atoms with E-state index in [2.05, 4.69) is 58.5 Å². The van der Waals surface area contributed by atoms with Gasteiger partial charge in [0.2, 0.25) is 0 Å². The summed E-state index contributed by atoms with van der Waals surface area (Å²) < 4.78 is 63.4. The third kappa shape index (κ3) is 13.8. The number of carbonyl (C=O) groups is 4. The zero-order chi connectivity index (χ0) is 63.2. The normalized spacial score (nSPS) is 44.2. The minimum atomic E-state index is -5.74. The number of nitrogens with zero attached hydrogens (tertiary/aromatic N) is 4. The molecule has 43 nitrogen and oxygen atoms in total. The Balaban J connectivity index is 0.741. The molecule has 0 aromatic heterocycles. The number of fused-ring (bicyclic) bond motifs is 4. The Labute approximate surface area is 507 Å². The number of aliphatic hydroxyl groups excluding tert-OH is 4. The maximum absolute atomic E-state index is 12.8. The number of ether oxygens (including phenoxy) is 4. The molecule has 512 valence electrons. The minimum absolute atomic E-state index is 0.000569. The molecule has 4 amide bonds. The van der Waals surface area contributed by atoms with E-state index in [1.807, 2.05) is 0 Å². The van der Waals surface area contributed by atoms with Gasteiger partial charge in [0, 0.05) is 0 Å². The molecule has 0 bridgehead atoms. The van der Waals surface area contributed by atoms with Crippen molar-refractivity contribution in [3.05, 3.63) is 0 Å². The van der Waals surface area contributed by atoms with Gasteiger partial charge in [-0.25, -0.2) is 0 Å². The van der Waals surface area contributed by atoms with Gasteiger partial charge < -0.3 is 0 Å². The van der Waals surface area contributed by atoms with Crippen LogP contribution in [0.4, 0.5) is 0 Å². The second kappa shape index (κ2) is 26.7. The topological polar surface area (TPSA) is 578 Å². The van der Waals surface area contributed by atoms with Crippen molar-refractivity contribution in [3.8, 4) is 0 Å². The van der Waals surface area contributed by atoms with E-state index in [-0.39, 0.29) is 71.5 Å². The van der Waals surface area contributed by atoms with Crippen LogP contribution >= 0.6 is 32.7 Å². The van der Waals surface area contributed by atoms with Crippen LogP contribution in [0, 0.1) is 0 Å². The first-order chi connectivity index (χ1) is 42.2. The van der Waals surface area contributed by atoms with E-state index in [4.69, 9.17) is 50.6 Å². The van der Waals surface area contributed by atoms with Crippen LogP contribution in [0.25, 0.3) is 0 Å². The van der Waals surface area contributed by atoms with Crippen molar-refractivity contribution < 1.29 is 134 Å². The van der Waals surface area contributed by atoms with Crippen LogP contribution in [0.2, 0.25) is 0 Å². The number of nitrogens with one attached hydrogen (secondary N) is 11. The van der Waals surface area contributed by atoms with Crippen LogP contribution in [0.5, 0.6) is 0 Å². The van der Waals surface area contributed by atoms with Gasteiger partial charge in [0.15, 0.2) is 0 Å². The van der Waals surface area contributed by atoms with Gasteiger partial charge in [-0.15, -0.1) is 0 Å². The number of aliphatic hydroxyl groups is 4. The summed E-state index contributed by atoms with van der Waals surface area (Å²) in [5, 5.41) is 79.0. The second-order valence-corrected chi connectivity index (χ2v) is 29.5. The Hall–Kier alpha value is -1.80. The summed E-state index contributed by atoms with van der Waals surface area (Å²) in [4.78, 5) is 156. The van der Waals surface area contributed by atoms with E-state index in [1.165, 1.54) is 9.80 Å². The molecule has 0 radical (unpaired) electrons. The summed E-state index contributed by atoms with van der Waals surface area (Å²) in [5.41, 5.74) is 0. The average Bonchev–Trinajstić information content (AvgIpc) is 2.16. The standard InChI is InChI=1S/C42H81N15O28P4/c1-2-16-28(24(58)40(78-16)55-12-51-21-32(55)44-8-47-36(21)63)83-87(69,70)76-6-18-30(26(60)41(80-18)56-13-52-22-33(56)45-9-48-37(22)64)85-89(73,74)77-7-19-31(27(61)42(81-19)57-14-53-23-34(57)46-10-49-38(23)65)84-88(71,72)75-5-17-29(82-86(66,67)68)25(59)39(79-17)54-11-50-20-15(54)3-4-43-35(20)62/h15-34,39-42,44-46,50-53,58-61,66-74,86-89H,2-14H2,1H3,(H,43,62)(H,47,63)(H,48,64)(H,49,65). The number of rotatable bonds is 22. The molecule has 12 fully saturated rings. The van der Waals surface area contributed by atoms with E-state index in [9.17, 15) is 83.6 Å². The first-order valence-corrected chi connectivity index (χ1v) is 35.8. The van der Waals surface area contributed by atoms with Crippen molar-refractivity contribution >= 4 is 56.3 Å². The molecule has 0 saturated carbocycles. The Morgan fingerprint density at radius 2 is 0.742 bits per heavy atom. The molecule has 12 aliphatic heterocycles. The fourth-order valence-electron chi connectivity index (χ4n) is 13.7. The van der Waals surface area contributed by atoms with Crippen LogP contribution < -0.4 is 58.5 Å². The Bertz CT molecular complexity index is 2580. The predicted octanol–water partition coefficient (Wildman–Crippen LogP) is -14.3. The fraction of sp³-hybridized carbons (Fsp3) is 0.905. The molecule has 0 aromatic carbocycles. The maximum atomic E-state index is 12.8. The number of piperidine rings is 1. The zero-order valence-electron chi connectivity index (χ0n) is 47.3. The van der Waals surface area contributed by atoms with Gasteiger partial charge in [-0.2, -0.15) is 0 Å². The van der Waals surface area contributed by atoms with E-state index in [1.54, 1.807) is 16.7 Å². The van der Waals surface area contributed by atoms with Crippen LogP contribution in [0.3, 0.4) is 0 Å². The van der Waals surface area contributed by atoms with Crippen LogP contribution in [-0.2, 0) is 69.8 Å². The molecule has 24 unspecified atom stereocenters. The SMILES string of the molecule is CCC1OC(N2CNC3C(=O)NCNC32)C(O)C1O[PH](O)(O)OCC1OC(N2CNC3C(=O)NCNC32)C(O)C1O[PH](O)(O)OCC1OC(N2CNC3C(=O)NCNC32)C(O)C1O[PH](O)(O)OCC1OC(N2CNC3C(=O)NCCC32)C(O)C1O[PH](O)(O)O. The van der Waals surface area contributed by atoms with Crippen molar-refractivity contribution in [2.75, 3.05) is 73.0 Å². The summed E-state index contributed by atoms with van der Waals surface area (Å²) in [6.07, 6.45) is -27.2. The summed E-state index contributed by atoms with van der Waals surface area (Å²) in [6, 6.07) is -3.67. The molecule has 0 spiro atoms. The molecule has 12 rings (SSSR count). The summed E-state index contributed by atoms with van der Waals surface area (Å²) in [6.45, 7) is -0.919. The van der Waals surface area contributed by atoms with Crippen LogP contribution in [-0.4, -0.2) is 328 Å². The van der Waals surface area contributed by atoms with Gasteiger partial charge in [-0.1, -0.05) is 0 Å². The van der Waals surface area contributed by atoms with E-state index in [0.29, 0.717) is 6.42 Å². The van der Waals surface area contributed by atoms with Crippen LogP contribution in [0.15, 0.2) is 0 Å². The van der Waals surface area contributed by atoms with E-state index >= 15 is 0 Å². The van der Waals surface area contributed by atoms with Crippen LogP contribution in [0.1, 0.15) is 19.8 Å². The van der Waals surface area contributed by atoms with Gasteiger partial charge in [0.05, 0.1) is 0 Å². The Morgan fingerprint density at radius 1 is 0.427 bits per heavy atom. The van der Waals surface area contributed by atoms with E-state index in [0.717, 1.165) is 0 Å². The molecule has 12 saturated heterocycles. The summed E-state index contributed by atoms with van der Waals surface area (Å²) in [7, 11) is -22.3. The average molecular weight is 1370 g/mol. The molecule has 0 aliphatic carbocycles. The molecular weight excluding hydrogens is 1290 g/mol. The van der Waals surface area contributed by atoms with Crippen molar-refractivity contribution in [1.82, 2.24) is 78.1 Å². The Kier molecular flexibility index (Phi) is 20.1. The molecule has 12 heterocycles. The predicted molar refractivity (Wildman–Crippen MR) is 295 cm³/mol. The van der Waals surface area contributed by atoms with Gasteiger partial charge in [-0.05, 0) is 0 Å². The first kappa shape index (κ1) is 67.2. The molecular formula is C42H81N15O28P4. The molecule has 47 heteroatoms.